The lowest BCUT2D eigenvalue weighted by Gasteiger charge is -2.29. The number of nitrogens with zero attached hydrogens (tertiary/aromatic N) is 4. The van der Waals surface area contributed by atoms with E-state index in [1.54, 1.807) is 0 Å². The number of nitrogens with one attached hydrogen (secondary N) is 1. The van der Waals surface area contributed by atoms with Gasteiger partial charge in [0.25, 0.3) is 0 Å². The Hall–Kier alpha value is -2.85. The molecular weight excluding hydrogens is 354 g/mol. The molecule has 0 unspecified atom stereocenters. The van der Waals surface area contributed by atoms with Crippen molar-refractivity contribution >= 4 is 17.3 Å². The van der Waals surface area contributed by atoms with E-state index in [0.29, 0.717) is 25.8 Å². The molecule has 1 N–H and O–H groups in total. The molecule has 7 nitrogen and oxygen atoms in total. The van der Waals surface area contributed by atoms with Crippen molar-refractivity contribution in [2.75, 3.05) is 36.5 Å². The average Bonchev–Trinajstić information content (AvgIpc) is 2.98. The first-order valence-electron chi connectivity index (χ1n) is 9.71. The number of hydrogen-bond acceptors (Lipinski definition) is 5. The number of morpholine rings is 1. The van der Waals surface area contributed by atoms with E-state index >= 15 is 0 Å². The third kappa shape index (κ3) is 4.90. The molecular formula is C21H27N5O2. The first-order chi connectivity index (χ1) is 13.6. The van der Waals surface area contributed by atoms with Crippen LogP contribution in [0.3, 0.4) is 0 Å². The van der Waals surface area contributed by atoms with E-state index in [4.69, 9.17) is 10.00 Å². The van der Waals surface area contributed by atoms with Crippen molar-refractivity contribution < 1.29 is 9.53 Å². The molecule has 0 bridgehead atoms. The highest BCUT2D eigenvalue weighted by Gasteiger charge is 2.14. The molecule has 0 atom stereocenters. The van der Waals surface area contributed by atoms with Crippen LogP contribution in [-0.4, -0.2) is 42.0 Å². The summed E-state index contributed by atoms with van der Waals surface area (Å²) in [6.45, 7) is 7.74. The lowest BCUT2D eigenvalue weighted by Crippen LogP contribution is -2.36. The number of carbonyl (C=O) groups excluding carboxylic acids is 1. The molecule has 1 aromatic heterocycles. The van der Waals surface area contributed by atoms with Gasteiger partial charge in [0.05, 0.1) is 37.9 Å². The van der Waals surface area contributed by atoms with Crippen LogP contribution in [0.25, 0.3) is 0 Å². The average molecular weight is 381 g/mol. The van der Waals surface area contributed by atoms with Gasteiger partial charge in [0.2, 0.25) is 5.91 Å². The SMILES string of the molecule is Cc1nn(CCC#N)c(C)c1CCC(=O)Nc1cccc(N2CCOCC2)c1. The minimum Gasteiger partial charge on any atom is -0.378 e. The molecule has 0 saturated carbocycles. The zero-order valence-corrected chi connectivity index (χ0v) is 16.6. The van der Waals surface area contributed by atoms with E-state index in [2.05, 4.69) is 27.5 Å². The highest BCUT2D eigenvalue weighted by atomic mass is 16.5. The summed E-state index contributed by atoms with van der Waals surface area (Å²) in [7, 11) is 0. The minimum absolute atomic E-state index is 0.0114. The van der Waals surface area contributed by atoms with Crippen LogP contribution in [0.1, 0.15) is 29.8 Å². The Morgan fingerprint density at radius 1 is 1.32 bits per heavy atom. The molecule has 1 saturated heterocycles. The van der Waals surface area contributed by atoms with Gasteiger partial charge in [-0.15, -0.1) is 0 Å². The van der Waals surface area contributed by atoms with Crippen molar-refractivity contribution in [2.24, 2.45) is 0 Å². The van der Waals surface area contributed by atoms with Gasteiger partial charge >= 0.3 is 0 Å². The summed E-state index contributed by atoms with van der Waals surface area (Å²) in [5.41, 5.74) is 4.97. The van der Waals surface area contributed by atoms with Crippen LogP contribution in [0, 0.1) is 25.2 Å². The molecule has 2 heterocycles. The molecule has 0 spiro atoms. The third-order valence-corrected chi connectivity index (χ3v) is 5.07. The molecule has 1 fully saturated rings. The minimum atomic E-state index is -0.0114. The quantitative estimate of drug-likeness (QED) is 0.797. The van der Waals surface area contributed by atoms with E-state index in [0.717, 1.165) is 54.6 Å². The highest BCUT2D eigenvalue weighted by molar-refractivity contribution is 5.91. The maximum Gasteiger partial charge on any atom is 0.224 e. The van der Waals surface area contributed by atoms with Gasteiger partial charge in [0, 0.05) is 36.6 Å². The fourth-order valence-electron chi connectivity index (χ4n) is 3.53. The van der Waals surface area contributed by atoms with Crippen LogP contribution in [0.5, 0.6) is 0 Å². The second-order valence-electron chi connectivity index (χ2n) is 6.98. The molecule has 2 aromatic rings. The second kappa shape index (κ2) is 9.38. The molecule has 1 aliphatic rings. The number of ether oxygens (including phenoxy) is 1. The number of amides is 1. The molecule has 3 rings (SSSR count). The normalized spacial score (nSPS) is 14.0. The van der Waals surface area contributed by atoms with Crippen LogP contribution < -0.4 is 10.2 Å². The number of carbonyl (C=O) groups is 1. The largest absolute Gasteiger partial charge is 0.378 e. The number of hydrogen-bond donors (Lipinski definition) is 1. The van der Waals surface area contributed by atoms with Gasteiger partial charge in [-0.05, 0) is 44.0 Å². The van der Waals surface area contributed by atoms with Crippen molar-refractivity contribution in [3.63, 3.8) is 0 Å². The first-order valence-corrected chi connectivity index (χ1v) is 9.71. The van der Waals surface area contributed by atoms with Gasteiger partial charge in [-0.25, -0.2) is 0 Å². The lowest BCUT2D eigenvalue weighted by molar-refractivity contribution is -0.116. The fraction of sp³-hybridized carbons (Fsp3) is 0.476. The number of aryl methyl sites for hydroxylation is 2. The summed E-state index contributed by atoms with van der Waals surface area (Å²) in [5.74, 6) is -0.0114. The topological polar surface area (TPSA) is 83.2 Å². The summed E-state index contributed by atoms with van der Waals surface area (Å²) < 4.78 is 7.26. The molecule has 28 heavy (non-hydrogen) atoms. The van der Waals surface area contributed by atoms with Crippen molar-refractivity contribution in [1.82, 2.24) is 9.78 Å². The lowest BCUT2D eigenvalue weighted by atomic mass is 10.1. The van der Waals surface area contributed by atoms with Gasteiger partial charge in [-0.2, -0.15) is 10.4 Å². The maximum absolute atomic E-state index is 12.5. The zero-order valence-electron chi connectivity index (χ0n) is 16.6. The predicted octanol–water partition coefficient (Wildman–Crippen LogP) is 2.82. The standard InChI is InChI=1S/C21H27N5O2/c1-16-20(17(2)26(24-16)10-4-9-22)7-8-21(27)23-18-5-3-6-19(15-18)25-11-13-28-14-12-25/h3,5-6,15H,4,7-8,10-14H2,1-2H3,(H,23,27). The van der Waals surface area contributed by atoms with Crippen molar-refractivity contribution in [3.8, 4) is 6.07 Å². The van der Waals surface area contributed by atoms with Gasteiger partial charge in [0.1, 0.15) is 0 Å². The van der Waals surface area contributed by atoms with Gasteiger partial charge in [-0.1, -0.05) is 6.07 Å². The van der Waals surface area contributed by atoms with E-state index in [1.807, 2.05) is 36.7 Å². The molecule has 1 aromatic carbocycles. The molecule has 0 aliphatic carbocycles. The molecule has 1 amide bonds. The molecule has 1 aliphatic heterocycles. The molecule has 7 heteroatoms. The Kier molecular flexibility index (Phi) is 6.66. The molecule has 0 radical (unpaired) electrons. The summed E-state index contributed by atoms with van der Waals surface area (Å²) >= 11 is 0. The van der Waals surface area contributed by atoms with Crippen molar-refractivity contribution in [3.05, 3.63) is 41.2 Å². The monoisotopic (exact) mass is 381 g/mol. The van der Waals surface area contributed by atoms with E-state index in [9.17, 15) is 4.79 Å². The zero-order chi connectivity index (χ0) is 19.9. The fourth-order valence-corrected chi connectivity index (χ4v) is 3.53. The number of nitriles is 1. The van der Waals surface area contributed by atoms with Crippen molar-refractivity contribution in [2.45, 2.75) is 39.7 Å². The third-order valence-electron chi connectivity index (χ3n) is 5.07. The highest BCUT2D eigenvalue weighted by Crippen LogP contribution is 2.21. The van der Waals surface area contributed by atoms with Crippen LogP contribution in [0.4, 0.5) is 11.4 Å². The predicted molar refractivity (Wildman–Crippen MR) is 108 cm³/mol. The van der Waals surface area contributed by atoms with Gasteiger partial charge in [-0.3, -0.25) is 9.48 Å². The van der Waals surface area contributed by atoms with Crippen LogP contribution in [0.15, 0.2) is 24.3 Å². The number of rotatable bonds is 7. The summed E-state index contributed by atoms with van der Waals surface area (Å²) in [4.78, 5) is 14.7. The summed E-state index contributed by atoms with van der Waals surface area (Å²) in [5, 5.41) is 16.3. The maximum atomic E-state index is 12.5. The van der Waals surface area contributed by atoms with Crippen LogP contribution >= 0.6 is 0 Å². The van der Waals surface area contributed by atoms with Crippen LogP contribution in [0.2, 0.25) is 0 Å². The Balaban J connectivity index is 1.58. The Labute approximate surface area is 165 Å². The van der Waals surface area contributed by atoms with Gasteiger partial charge < -0.3 is 15.0 Å². The van der Waals surface area contributed by atoms with Crippen LogP contribution in [-0.2, 0) is 22.5 Å². The van der Waals surface area contributed by atoms with Crippen molar-refractivity contribution in [1.29, 1.82) is 5.26 Å². The summed E-state index contributed by atoms with van der Waals surface area (Å²) in [6.07, 6.45) is 1.47. The number of aromatic nitrogens is 2. The number of benzene rings is 1. The Morgan fingerprint density at radius 2 is 2.11 bits per heavy atom. The number of anilines is 2. The van der Waals surface area contributed by atoms with E-state index in [1.165, 1.54) is 0 Å². The molecule has 148 valence electrons. The van der Waals surface area contributed by atoms with Gasteiger partial charge in [0.15, 0.2) is 0 Å². The Morgan fingerprint density at radius 3 is 2.86 bits per heavy atom. The van der Waals surface area contributed by atoms with E-state index < -0.39 is 0 Å². The van der Waals surface area contributed by atoms with E-state index in [-0.39, 0.29) is 5.91 Å². The Bertz CT molecular complexity index is 862. The second-order valence-corrected chi connectivity index (χ2v) is 6.98. The summed E-state index contributed by atoms with van der Waals surface area (Å²) in [6, 6.07) is 10.1. The smallest absolute Gasteiger partial charge is 0.224 e. The first kappa shape index (κ1) is 19.9.